The van der Waals surface area contributed by atoms with Crippen molar-refractivity contribution < 1.29 is 4.74 Å². The van der Waals surface area contributed by atoms with Gasteiger partial charge in [-0.15, -0.1) is 0 Å². The number of fused-ring (bicyclic) bond motifs is 1. The van der Waals surface area contributed by atoms with Gasteiger partial charge in [-0.25, -0.2) is 9.97 Å². The zero-order valence-electron chi connectivity index (χ0n) is 8.82. The first-order valence-corrected chi connectivity index (χ1v) is 5.86. The second-order valence-electron chi connectivity index (χ2n) is 3.99. The lowest BCUT2D eigenvalue weighted by atomic mass is 10.2. The van der Waals surface area contributed by atoms with E-state index >= 15 is 0 Å². The van der Waals surface area contributed by atoms with Crippen LogP contribution in [0.3, 0.4) is 0 Å². The van der Waals surface area contributed by atoms with Gasteiger partial charge in [-0.05, 0) is 19.3 Å². The molecule has 16 heavy (non-hydrogen) atoms. The van der Waals surface area contributed by atoms with Gasteiger partial charge in [0.05, 0.1) is 6.67 Å². The number of ether oxygens (including phenoxy) is 1. The molecule has 5 nitrogen and oxygen atoms in total. The van der Waals surface area contributed by atoms with Gasteiger partial charge in [-0.3, -0.25) is 0 Å². The molecular weight excluding hydrogens is 228 g/mol. The maximum atomic E-state index is 5.99. The van der Waals surface area contributed by atoms with Crippen LogP contribution in [-0.4, -0.2) is 29.5 Å². The third-order valence-corrected chi connectivity index (χ3v) is 3.27. The summed E-state index contributed by atoms with van der Waals surface area (Å²) in [7, 11) is 0. The molecule has 0 aromatic carbocycles. The molecule has 3 heterocycles. The minimum atomic E-state index is 0.119. The monoisotopic (exact) mass is 240 g/mol. The summed E-state index contributed by atoms with van der Waals surface area (Å²) in [4.78, 5) is 10.3. The van der Waals surface area contributed by atoms with Crippen molar-refractivity contribution in [2.24, 2.45) is 0 Å². The molecule has 0 unspecified atom stereocenters. The maximum absolute atomic E-state index is 5.99. The van der Waals surface area contributed by atoms with Gasteiger partial charge in [0.15, 0.2) is 11.0 Å². The Morgan fingerprint density at radius 3 is 3.19 bits per heavy atom. The highest BCUT2D eigenvalue weighted by molar-refractivity contribution is 6.32. The second-order valence-corrected chi connectivity index (χ2v) is 4.35. The van der Waals surface area contributed by atoms with Gasteiger partial charge in [0.25, 0.3) is 0 Å². The van der Waals surface area contributed by atoms with Crippen LogP contribution < -0.4 is 10.2 Å². The van der Waals surface area contributed by atoms with Gasteiger partial charge < -0.3 is 15.0 Å². The van der Waals surface area contributed by atoms with E-state index in [0.717, 1.165) is 31.0 Å². The number of rotatable bonds is 1. The summed E-state index contributed by atoms with van der Waals surface area (Å²) in [6, 6.07) is 0. The zero-order valence-corrected chi connectivity index (χ0v) is 9.57. The van der Waals surface area contributed by atoms with Gasteiger partial charge in [-0.2, -0.15) is 0 Å². The lowest BCUT2D eigenvalue weighted by molar-refractivity contribution is 0.0155. The number of aromatic nitrogens is 2. The molecule has 0 bridgehead atoms. The molecule has 1 atom stereocenters. The van der Waals surface area contributed by atoms with Crippen molar-refractivity contribution in [3.05, 3.63) is 11.5 Å². The van der Waals surface area contributed by atoms with Gasteiger partial charge >= 0.3 is 0 Å². The van der Waals surface area contributed by atoms with E-state index in [1.165, 1.54) is 12.7 Å². The Kier molecular flexibility index (Phi) is 2.57. The van der Waals surface area contributed by atoms with E-state index in [9.17, 15) is 0 Å². The van der Waals surface area contributed by atoms with E-state index in [2.05, 4.69) is 20.2 Å². The number of nitrogens with one attached hydrogen (secondary N) is 1. The molecule has 2 aliphatic heterocycles. The molecule has 0 saturated carbocycles. The summed E-state index contributed by atoms with van der Waals surface area (Å²) in [5.74, 6) is 0.854. The van der Waals surface area contributed by atoms with Gasteiger partial charge in [0.1, 0.15) is 18.2 Å². The van der Waals surface area contributed by atoms with E-state index in [1.54, 1.807) is 0 Å². The molecular formula is C10H13ClN4O. The Morgan fingerprint density at radius 1 is 1.44 bits per heavy atom. The van der Waals surface area contributed by atoms with Crippen molar-refractivity contribution in [3.8, 4) is 0 Å². The van der Waals surface area contributed by atoms with Gasteiger partial charge in [-0.1, -0.05) is 11.6 Å². The van der Waals surface area contributed by atoms with Crippen molar-refractivity contribution in [3.63, 3.8) is 0 Å². The number of nitrogens with zero attached hydrogens (tertiary/aromatic N) is 3. The molecule has 2 aliphatic rings. The smallest absolute Gasteiger partial charge is 0.160 e. The van der Waals surface area contributed by atoms with Crippen LogP contribution in [-0.2, 0) is 4.74 Å². The molecule has 0 spiro atoms. The molecule has 1 saturated heterocycles. The third-order valence-electron chi connectivity index (χ3n) is 2.98. The van der Waals surface area contributed by atoms with Crippen LogP contribution >= 0.6 is 11.6 Å². The quantitative estimate of drug-likeness (QED) is 0.760. The van der Waals surface area contributed by atoms with E-state index in [-0.39, 0.29) is 6.23 Å². The van der Waals surface area contributed by atoms with E-state index < -0.39 is 0 Å². The fourth-order valence-corrected chi connectivity index (χ4v) is 2.37. The van der Waals surface area contributed by atoms with Crippen molar-refractivity contribution in [2.45, 2.75) is 25.5 Å². The van der Waals surface area contributed by atoms with Crippen molar-refractivity contribution in [2.75, 3.05) is 23.5 Å². The molecule has 1 aromatic rings. The molecule has 3 rings (SSSR count). The maximum Gasteiger partial charge on any atom is 0.160 e. The Morgan fingerprint density at radius 2 is 2.38 bits per heavy atom. The fourth-order valence-electron chi connectivity index (χ4n) is 2.17. The summed E-state index contributed by atoms with van der Waals surface area (Å²) >= 11 is 5.99. The molecule has 0 radical (unpaired) electrons. The van der Waals surface area contributed by atoms with E-state index in [4.69, 9.17) is 16.3 Å². The number of hydrogen-bond donors (Lipinski definition) is 1. The van der Waals surface area contributed by atoms with Crippen molar-refractivity contribution in [1.29, 1.82) is 0 Å². The molecule has 0 aliphatic carbocycles. The molecule has 0 amide bonds. The minimum Gasteiger partial charge on any atom is -0.362 e. The minimum absolute atomic E-state index is 0.119. The molecule has 86 valence electrons. The van der Waals surface area contributed by atoms with Crippen molar-refractivity contribution >= 4 is 23.1 Å². The number of anilines is 2. The standard InChI is InChI=1S/C10H13ClN4O/c11-9-8-10(13-5-12-9)15(6-14-8)7-3-1-2-4-16-7/h5,7,14H,1-4,6H2/t7-/m0/s1. The third kappa shape index (κ3) is 1.60. The second kappa shape index (κ2) is 4.07. The topological polar surface area (TPSA) is 50.3 Å². The highest BCUT2D eigenvalue weighted by Gasteiger charge is 2.30. The lowest BCUT2D eigenvalue weighted by Crippen LogP contribution is -2.39. The van der Waals surface area contributed by atoms with E-state index in [0.29, 0.717) is 11.8 Å². The van der Waals surface area contributed by atoms with Crippen LogP contribution in [0.2, 0.25) is 5.15 Å². The zero-order chi connectivity index (χ0) is 11.0. The molecule has 1 fully saturated rings. The predicted octanol–water partition coefficient (Wildman–Crippen LogP) is 1.85. The lowest BCUT2D eigenvalue weighted by Gasteiger charge is -2.31. The largest absolute Gasteiger partial charge is 0.362 e. The first kappa shape index (κ1) is 10.1. The average molecular weight is 241 g/mol. The normalized spacial score (nSPS) is 24.1. The van der Waals surface area contributed by atoms with Crippen LogP contribution in [0.4, 0.5) is 11.5 Å². The average Bonchev–Trinajstić information content (AvgIpc) is 2.75. The molecule has 1 N–H and O–H groups in total. The highest BCUT2D eigenvalue weighted by Crippen LogP contribution is 2.36. The van der Waals surface area contributed by atoms with Crippen LogP contribution in [0.15, 0.2) is 6.33 Å². The van der Waals surface area contributed by atoms with Crippen LogP contribution in [0.25, 0.3) is 0 Å². The fraction of sp³-hybridized carbons (Fsp3) is 0.600. The van der Waals surface area contributed by atoms with Crippen LogP contribution in [0.1, 0.15) is 19.3 Å². The Labute approximate surface area is 98.8 Å². The predicted molar refractivity (Wildman–Crippen MR) is 61.6 cm³/mol. The Balaban J connectivity index is 1.87. The SMILES string of the molecule is Clc1ncnc2c1NCN2[C@@H]1CCCCO1. The van der Waals surface area contributed by atoms with Gasteiger partial charge in [0, 0.05) is 6.61 Å². The Hall–Kier alpha value is -1.07. The first-order chi connectivity index (χ1) is 7.86. The highest BCUT2D eigenvalue weighted by atomic mass is 35.5. The summed E-state index contributed by atoms with van der Waals surface area (Å²) < 4.78 is 5.74. The van der Waals surface area contributed by atoms with Crippen molar-refractivity contribution in [1.82, 2.24) is 9.97 Å². The van der Waals surface area contributed by atoms with Gasteiger partial charge in [0.2, 0.25) is 0 Å². The summed E-state index contributed by atoms with van der Waals surface area (Å²) in [5.41, 5.74) is 0.818. The molecule has 1 aromatic heterocycles. The first-order valence-electron chi connectivity index (χ1n) is 5.49. The number of halogens is 1. The van der Waals surface area contributed by atoms with E-state index in [1.807, 2.05) is 0 Å². The summed E-state index contributed by atoms with van der Waals surface area (Å²) in [5, 5.41) is 3.68. The number of hydrogen-bond acceptors (Lipinski definition) is 5. The summed E-state index contributed by atoms with van der Waals surface area (Å²) in [6.07, 6.45) is 5.01. The Bertz CT molecular complexity index is 394. The molecule has 6 heteroatoms. The van der Waals surface area contributed by atoms with Crippen LogP contribution in [0, 0.1) is 0 Å². The van der Waals surface area contributed by atoms with Crippen LogP contribution in [0.5, 0.6) is 0 Å². The summed E-state index contributed by atoms with van der Waals surface area (Å²) in [6.45, 7) is 1.52.